The van der Waals surface area contributed by atoms with Crippen LogP contribution in [0.2, 0.25) is 0 Å². The van der Waals surface area contributed by atoms with E-state index in [0.717, 1.165) is 64.2 Å². The fourth-order valence-electron chi connectivity index (χ4n) is 10.5. The summed E-state index contributed by atoms with van der Waals surface area (Å²) in [4.78, 5) is 38.1. The summed E-state index contributed by atoms with van der Waals surface area (Å²) in [6.45, 7) is 6.65. The van der Waals surface area contributed by atoms with Crippen molar-refractivity contribution in [2.75, 3.05) is 13.2 Å². The zero-order valence-corrected chi connectivity index (χ0v) is 51.6. The van der Waals surface area contributed by atoms with Gasteiger partial charge in [0.1, 0.15) is 13.2 Å². The van der Waals surface area contributed by atoms with Crippen LogP contribution in [0.4, 0.5) is 0 Å². The van der Waals surface area contributed by atoms with Crippen LogP contribution >= 0.6 is 0 Å². The van der Waals surface area contributed by atoms with Gasteiger partial charge in [0.05, 0.1) is 0 Å². The van der Waals surface area contributed by atoms with Crippen molar-refractivity contribution >= 4 is 17.9 Å². The van der Waals surface area contributed by atoms with Gasteiger partial charge in [0, 0.05) is 19.3 Å². The van der Waals surface area contributed by atoms with Crippen LogP contribution in [0.3, 0.4) is 0 Å². The zero-order valence-electron chi connectivity index (χ0n) is 51.6. The quantitative estimate of drug-likeness (QED) is 0.0261. The minimum absolute atomic E-state index is 0.0689. The summed E-state index contributed by atoms with van der Waals surface area (Å²) in [5.41, 5.74) is 0. The molecule has 0 aliphatic carbocycles. The van der Waals surface area contributed by atoms with E-state index in [1.807, 2.05) is 0 Å². The number of unbranched alkanes of at least 4 members (excludes halogenated alkanes) is 49. The predicted molar refractivity (Wildman–Crippen MR) is 330 cm³/mol. The molecule has 6 nitrogen and oxygen atoms in total. The molecule has 0 aromatic carbocycles. The highest BCUT2D eigenvalue weighted by molar-refractivity contribution is 5.71. The van der Waals surface area contributed by atoms with Crippen LogP contribution in [-0.4, -0.2) is 37.2 Å². The molecule has 0 aromatic heterocycles. The fraction of sp³-hybridized carbons (Fsp3) is 0.900. The molecular formula is C70H132O6. The lowest BCUT2D eigenvalue weighted by Crippen LogP contribution is -2.30. The SMILES string of the molecule is CCCCCCCC/C=C\CCCCCCCC(=O)OC(COC(=O)CCCCCCCCCC)COC(=O)CCCCCCCCCCCCCCCCCCCCCCCCC/C=C\CCCCCCCCCC. The van der Waals surface area contributed by atoms with Gasteiger partial charge in [0.25, 0.3) is 0 Å². The first-order valence-electron chi connectivity index (χ1n) is 34.3. The van der Waals surface area contributed by atoms with E-state index in [9.17, 15) is 14.4 Å². The highest BCUT2D eigenvalue weighted by Crippen LogP contribution is 2.18. The Balaban J connectivity index is 3.93. The smallest absolute Gasteiger partial charge is 0.306 e. The van der Waals surface area contributed by atoms with Gasteiger partial charge in [-0.05, 0) is 70.6 Å². The van der Waals surface area contributed by atoms with Crippen molar-refractivity contribution in [2.24, 2.45) is 0 Å². The van der Waals surface area contributed by atoms with Crippen LogP contribution in [-0.2, 0) is 28.6 Å². The molecule has 0 saturated carbocycles. The van der Waals surface area contributed by atoms with Crippen LogP contribution in [0.1, 0.15) is 387 Å². The lowest BCUT2D eigenvalue weighted by Gasteiger charge is -2.18. The number of hydrogen-bond donors (Lipinski definition) is 0. The average Bonchev–Trinajstić information content (AvgIpc) is 3.42. The average molecular weight is 1070 g/mol. The number of allylic oxidation sites excluding steroid dienone is 4. The molecule has 0 fully saturated rings. The maximum atomic E-state index is 12.8. The second kappa shape index (κ2) is 65.4. The first-order valence-corrected chi connectivity index (χ1v) is 34.3. The molecule has 0 amide bonds. The Hall–Kier alpha value is -2.11. The van der Waals surface area contributed by atoms with Gasteiger partial charge >= 0.3 is 17.9 Å². The molecule has 76 heavy (non-hydrogen) atoms. The fourth-order valence-corrected chi connectivity index (χ4v) is 10.5. The van der Waals surface area contributed by atoms with E-state index in [1.165, 1.54) is 283 Å². The molecule has 448 valence electrons. The Morgan fingerprint density at radius 2 is 0.434 bits per heavy atom. The van der Waals surface area contributed by atoms with Gasteiger partial charge < -0.3 is 14.2 Å². The second-order valence-corrected chi connectivity index (χ2v) is 23.4. The molecule has 0 N–H and O–H groups in total. The largest absolute Gasteiger partial charge is 0.462 e. The zero-order chi connectivity index (χ0) is 55.0. The summed E-state index contributed by atoms with van der Waals surface area (Å²) in [6, 6.07) is 0. The van der Waals surface area contributed by atoms with E-state index in [1.54, 1.807) is 0 Å². The van der Waals surface area contributed by atoms with Gasteiger partial charge in [-0.3, -0.25) is 14.4 Å². The van der Waals surface area contributed by atoms with Crippen molar-refractivity contribution in [1.82, 2.24) is 0 Å². The van der Waals surface area contributed by atoms with Gasteiger partial charge in [0.2, 0.25) is 0 Å². The summed E-state index contributed by atoms with van der Waals surface area (Å²) < 4.78 is 16.9. The van der Waals surface area contributed by atoms with Crippen LogP contribution in [0.25, 0.3) is 0 Å². The molecular weight excluding hydrogens is 937 g/mol. The minimum atomic E-state index is -0.770. The summed E-state index contributed by atoms with van der Waals surface area (Å²) in [5, 5.41) is 0. The molecule has 0 radical (unpaired) electrons. The van der Waals surface area contributed by atoms with E-state index in [4.69, 9.17) is 14.2 Å². The molecule has 1 atom stereocenters. The van der Waals surface area contributed by atoms with Crippen molar-refractivity contribution < 1.29 is 28.6 Å². The number of rotatable bonds is 64. The molecule has 0 aliphatic rings. The predicted octanol–water partition coefficient (Wildman–Crippen LogP) is 23.4. The number of ether oxygens (including phenoxy) is 3. The Morgan fingerprint density at radius 3 is 0.658 bits per heavy atom. The van der Waals surface area contributed by atoms with Gasteiger partial charge in [-0.2, -0.15) is 0 Å². The van der Waals surface area contributed by atoms with Crippen molar-refractivity contribution in [3.05, 3.63) is 24.3 Å². The van der Waals surface area contributed by atoms with Crippen LogP contribution < -0.4 is 0 Å². The van der Waals surface area contributed by atoms with Gasteiger partial charge in [-0.25, -0.2) is 0 Å². The molecule has 0 rings (SSSR count). The third-order valence-corrected chi connectivity index (χ3v) is 15.7. The third-order valence-electron chi connectivity index (χ3n) is 15.7. The third kappa shape index (κ3) is 62.7. The first kappa shape index (κ1) is 73.9. The Labute approximate surface area is 474 Å². The standard InChI is InChI=1S/C70H132O6/c1-4-7-10-13-16-19-21-23-25-26-27-28-29-30-31-32-33-34-35-36-37-38-39-40-41-42-43-44-46-47-49-51-54-57-60-63-69(72)75-66-67(65-74-68(71)62-59-56-53-18-15-12-9-6-3)76-70(73)64-61-58-55-52-50-48-45-24-22-20-17-14-11-8-5-2/h24,26-27,45,67H,4-23,25,28-44,46-66H2,1-3H3/b27-26-,45-24-. The second-order valence-electron chi connectivity index (χ2n) is 23.4. The maximum absolute atomic E-state index is 12.8. The maximum Gasteiger partial charge on any atom is 0.306 e. The minimum Gasteiger partial charge on any atom is -0.462 e. The van der Waals surface area contributed by atoms with E-state index >= 15 is 0 Å². The summed E-state index contributed by atoms with van der Waals surface area (Å²) in [7, 11) is 0. The molecule has 0 bridgehead atoms. The van der Waals surface area contributed by atoms with E-state index in [0.29, 0.717) is 19.3 Å². The molecule has 0 aromatic rings. The molecule has 6 heteroatoms. The molecule has 0 spiro atoms. The van der Waals surface area contributed by atoms with E-state index in [-0.39, 0.29) is 31.1 Å². The molecule has 0 saturated heterocycles. The lowest BCUT2D eigenvalue weighted by molar-refractivity contribution is -0.167. The van der Waals surface area contributed by atoms with Crippen molar-refractivity contribution in [2.45, 2.75) is 393 Å². The summed E-state index contributed by atoms with van der Waals surface area (Å²) >= 11 is 0. The number of esters is 3. The highest BCUT2D eigenvalue weighted by Gasteiger charge is 2.19. The Morgan fingerprint density at radius 1 is 0.250 bits per heavy atom. The summed E-state index contributed by atoms with van der Waals surface area (Å²) in [6.07, 6.45) is 79.6. The van der Waals surface area contributed by atoms with Gasteiger partial charge in [-0.15, -0.1) is 0 Å². The van der Waals surface area contributed by atoms with Crippen LogP contribution in [0, 0.1) is 0 Å². The summed E-state index contributed by atoms with van der Waals surface area (Å²) in [5.74, 6) is -0.858. The van der Waals surface area contributed by atoms with Gasteiger partial charge in [0.15, 0.2) is 6.10 Å². The van der Waals surface area contributed by atoms with E-state index in [2.05, 4.69) is 45.1 Å². The Kier molecular flexibility index (Phi) is 63.6. The Bertz CT molecular complexity index is 1230. The van der Waals surface area contributed by atoms with Crippen molar-refractivity contribution in [3.63, 3.8) is 0 Å². The van der Waals surface area contributed by atoms with E-state index < -0.39 is 6.10 Å². The van der Waals surface area contributed by atoms with Crippen molar-refractivity contribution in [3.8, 4) is 0 Å². The number of carbonyl (C=O) groups is 3. The normalized spacial score (nSPS) is 12.1. The number of carbonyl (C=O) groups excluding carboxylic acids is 3. The van der Waals surface area contributed by atoms with Crippen LogP contribution in [0.15, 0.2) is 24.3 Å². The molecule has 0 heterocycles. The van der Waals surface area contributed by atoms with Crippen molar-refractivity contribution in [1.29, 1.82) is 0 Å². The monoisotopic (exact) mass is 1070 g/mol. The highest BCUT2D eigenvalue weighted by atomic mass is 16.6. The van der Waals surface area contributed by atoms with Gasteiger partial charge in [-0.1, -0.05) is 321 Å². The lowest BCUT2D eigenvalue weighted by atomic mass is 10.0. The molecule has 0 aliphatic heterocycles. The number of hydrogen-bond acceptors (Lipinski definition) is 6. The topological polar surface area (TPSA) is 78.9 Å². The van der Waals surface area contributed by atoms with Crippen LogP contribution in [0.5, 0.6) is 0 Å². The first-order chi connectivity index (χ1) is 37.5. The molecule has 1 unspecified atom stereocenters.